The number of hydrogen-bond acceptors (Lipinski definition) is 4. The van der Waals surface area contributed by atoms with Gasteiger partial charge in [-0.2, -0.15) is 0 Å². The van der Waals surface area contributed by atoms with E-state index in [1.54, 1.807) is 0 Å². The summed E-state index contributed by atoms with van der Waals surface area (Å²) in [6.07, 6.45) is 4.00. The number of ether oxygens (including phenoxy) is 1. The van der Waals surface area contributed by atoms with Gasteiger partial charge in [0.2, 0.25) is 11.8 Å². The zero-order valence-corrected chi connectivity index (χ0v) is 15.9. The third kappa shape index (κ3) is 5.30. The standard InChI is InChI=1S/C21H30N2O4/c1-14(15-6-3-2-4-7-15)22-20(25)12-17-10-11-18(19(13-24)27-17)23-21(26)16-8-5-9-16/h2-4,6-7,14,16-19,24H,5,8-13H2,1H3,(H,22,25)(H,23,26)/t14-,17+,18-,19-/m0/s1. The molecule has 6 heteroatoms. The highest BCUT2D eigenvalue weighted by molar-refractivity contribution is 5.79. The predicted octanol–water partition coefficient (Wildman–Crippen LogP) is 2.08. The lowest BCUT2D eigenvalue weighted by atomic mass is 9.84. The van der Waals surface area contributed by atoms with Crippen LogP contribution in [-0.4, -0.2) is 41.8 Å². The molecule has 0 radical (unpaired) electrons. The topological polar surface area (TPSA) is 87.7 Å². The molecule has 1 saturated heterocycles. The smallest absolute Gasteiger partial charge is 0.223 e. The fourth-order valence-corrected chi connectivity index (χ4v) is 3.75. The number of hydrogen-bond donors (Lipinski definition) is 3. The van der Waals surface area contributed by atoms with Crippen molar-refractivity contribution in [3.8, 4) is 0 Å². The molecule has 2 amide bonds. The molecule has 0 aromatic heterocycles. The number of carbonyl (C=O) groups excluding carboxylic acids is 2. The zero-order chi connectivity index (χ0) is 19.2. The Hall–Kier alpha value is -1.92. The van der Waals surface area contributed by atoms with Gasteiger partial charge >= 0.3 is 0 Å². The third-order valence-electron chi connectivity index (χ3n) is 5.69. The molecule has 1 saturated carbocycles. The number of rotatable bonds is 7. The Labute approximate surface area is 160 Å². The van der Waals surface area contributed by atoms with Crippen LogP contribution in [0.25, 0.3) is 0 Å². The van der Waals surface area contributed by atoms with Crippen LogP contribution in [0.1, 0.15) is 57.1 Å². The van der Waals surface area contributed by atoms with Crippen molar-refractivity contribution in [2.45, 2.75) is 69.7 Å². The van der Waals surface area contributed by atoms with Crippen molar-refractivity contribution in [1.82, 2.24) is 10.6 Å². The fourth-order valence-electron chi connectivity index (χ4n) is 3.75. The Morgan fingerprint density at radius 2 is 1.93 bits per heavy atom. The van der Waals surface area contributed by atoms with Gasteiger partial charge in [-0.3, -0.25) is 9.59 Å². The van der Waals surface area contributed by atoms with Crippen molar-refractivity contribution >= 4 is 11.8 Å². The van der Waals surface area contributed by atoms with Crippen molar-refractivity contribution in [1.29, 1.82) is 0 Å². The first-order valence-corrected chi connectivity index (χ1v) is 9.97. The summed E-state index contributed by atoms with van der Waals surface area (Å²) in [5, 5.41) is 15.7. The average Bonchev–Trinajstić information content (AvgIpc) is 2.62. The molecule has 3 rings (SSSR count). The number of aliphatic hydroxyl groups is 1. The average molecular weight is 374 g/mol. The minimum absolute atomic E-state index is 0.0644. The van der Waals surface area contributed by atoms with Crippen LogP contribution < -0.4 is 10.6 Å². The first kappa shape index (κ1) is 19.8. The molecule has 1 aliphatic heterocycles. The number of carbonyl (C=O) groups is 2. The largest absolute Gasteiger partial charge is 0.394 e. The van der Waals surface area contributed by atoms with Crippen LogP contribution in [0.3, 0.4) is 0 Å². The second-order valence-electron chi connectivity index (χ2n) is 7.70. The highest BCUT2D eigenvalue weighted by Gasteiger charge is 2.35. The van der Waals surface area contributed by atoms with Gasteiger partial charge in [0.15, 0.2) is 0 Å². The lowest BCUT2D eigenvalue weighted by Gasteiger charge is -2.37. The third-order valence-corrected chi connectivity index (χ3v) is 5.69. The molecule has 0 unspecified atom stereocenters. The number of amides is 2. The van der Waals surface area contributed by atoms with Crippen LogP contribution in [0.5, 0.6) is 0 Å². The van der Waals surface area contributed by atoms with Gasteiger partial charge in [-0.1, -0.05) is 36.8 Å². The summed E-state index contributed by atoms with van der Waals surface area (Å²) in [5.41, 5.74) is 1.06. The molecular formula is C21H30N2O4. The molecule has 1 aromatic carbocycles. The van der Waals surface area contributed by atoms with Crippen molar-refractivity contribution in [2.24, 2.45) is 5.92 Å². The van der Waals surface area contributed by atoms with Gasteiger partial charge in [-0.15, -0.1) is 0 Å². The molecule has 2 aliphatic rings. The van der Waals surface area contributed by atoms with Gasteiger partial charge in [-0.25, -0.2) is 0 Å². The summed E-state index contributed by atoms with van der Waals surface area (Å²) in [5.74, 6) is 0.124. The van der Waals surface area contributed by atoms with E-state index in [9.17, 15) is 14.7 Å². The minimum atomic E-state index is -0.452. The highest BCUT2D eigenvalue weighted by Crippen LogP contribution is 2.28. The molecule has 3 N–H and O–H groups in total. The molecule has 1 aliphatic carbocycles. The van der Waals surface area contributed by atoms with Gasteiger partial charge < -0.3 is 20.5 Å². The minimum Gasteiger partial charge on any atom is -0.394 e. The van der Waals surface area contributed by atoms with E-state index in [4.69, 9.17) is 4.74 Å². The van der Waals surface area contributed by atoms with Gasteiger partial charge in [-0.05, 0) is 38.2 Å². The van der Waals surface area contributed by atoms with Crippen molar-refractivity contribution in [3.05, 3.63) is 35.9 Å². The Bertz CT molecular complexity index is 632. The SMILES string of the molecule is C[C@H](NC(=O)C[C@H]1CC[C@H](NC(=O)C2CCC2)[C@H](CO)O1)c1ccccc1. The maximum Gasteiger partial charge on any atom is 0.223 e. The van der Waals surface area contributed by atoms with Gasteiger partial charge in [0.1, 0.15) is 6.10 Å². The van der Waals surface area contributed by atoms with E-state index in [0.29, 0.717) is 6.42 Å². The monoisotopic (exact) mass is 374 g/mol. The summed E-state index contributed by atoms with van der Waals surface area (Å²) < 4.78 is 5.91. The molecule has 148 valence electrons. The lowest BCUT2D eigenvalue weighted by molar-refractivity contribution is -0.139. The molecule has 27 heavy (non-hydrogen) atoms. The summed E-state index contributed by atoms with van der Waals surface area (Å²) in [6, 6.07) is 9.58. The molecular weight excluding hydrogens is 344 g/mol. The first-order chi connectivity index (χ1) is 13.1. The Morgan fingerprint density at radius 3 is 2.56 bits per heavy atom. The number of nitrogens with one attached hydrogen (secondary N) is 2. The van der Waals surface area contributed by atoms with E-state index < -0.39 is 6.10 Å². The van der Waals surface area contributed by atoms with Gasteiger partial charge in [0, 0.05) is 5.92 Å². The Morgan fingerprint density at radius 1 is 1.19 bits per heavy atom. The van der Waals surface area contributed by atoms with E-state index in [1.807, 2.05) is 37.3 Å². The van der Waals surface area contributed by atoms with Crippen LogP contribution >= 0.6 is 0 Å². The van der Waals surface area contributed by atoms with Crippen molar-refractivity contribution in [2.75, 3.05) is 6.61 Å². The van der Waals surface area contributed by atoms with Crippen LogP contribution in [0.15, 0.2) is 30.3 Å². The lowest BCUT2D eigenvalue weighted by Crippen LogP contribution is -2.53. The van der Waals surface area contributed by atoms with Crippen LogP contribution in [-0.2, 0) is 14.3 Å². The number of benzene rings is 1. The van der Waals surface area contributed by atoms with E-state index in [2.05, 4.69) is 10.6 Å². The van der Waals surface area contributed by atoms with Crippen LogP contribution in [0, 0.1) is 5.92 Å². The van der Waals surface area contributed by atoms with E-state index in [1.165, 1.54) is 0 Å². The molecule has 1 heterocycles. The Kier molecular flexibility index (Phi) is 6.85. The van der Waals surface area contributed by atoms with Crippen molar-refractivity contribution in [3.63, 3.8) is 0 Å². The molecule has 1 aromatic rings. The first-order valence-electron chi connectivity index (χ1n) is 9.97. The fraction of sp³-hybridized carbons (Fsp3) is 0.619. The van der Waals surface area contributed by atoms with E-state index >= 15 is 0 Å². The van der Waals surface area contributed by atoms with E-state index in [0.717, 1.165) is 31.2 Å². The zero-order valence-electron chi connectivity index (χ0n) is 15.9. The maximum atomic E-state index is 12.4. The molecule has 0 bridgehead atoms. The van der Waals surface area contributed by atoms with Gasteiger partial charge in [0.05, 0.1) is 31.2 Å². The Balaban J connectivity index is 1.46. The maximum absolute atomic E-state index is 12.4. The van der Waals surface area contributed by atoms with Crippen LogP contribution in [0.4, 0.5) is 0 Å². The molecule has 0 spiro atoms. The number of aliphatic hydroxyl groups excluding tert-OH is 1. The second kappa shape index (κ2) is 9.33. The van der Waals surface area contributed by atoms with Gasteiger partial charge in [0.25, 0.3) is 0 Å². The second-order valence-corrected chi connectivity index (χ2v) is 7.70. The summed E-state index contributed by atoms with van der Waals surface area (Å²) in [6.45, 7) is 1.80. The quantitative estimate of drug-likeness (QED) is 0.682. The van der Waals surface area contributed by atoms with Crippen LogP contribution in [0.2, 0.25) is 0 Å². The normalized spacial score (nSPS) is 26.7. The summed E-state index contributed by atoms with van der Waals surface area (Å²) in [7, 11) is 0. The summed E-state index contributed by atoms with van der Waals surface area (Å²) in [4.78, 5) is 24.5. The molecule has 2 fully saturated rings. The van der Waals surface area contributed by atoms with E-state index in [-0.39, 0.29) is 48.9 Å². The predicted molar refractivity (Wildman–Crippen MR) is 102 cm³/mol. The summed E-state index contributed by atoms with van der Waals surface area (Å²) >= 11 is 0. The molecule has 4 atom stereocenters. The molecule has 6 nitrogen and oxygen atoms in total. The highest BCUT2D eigenvalue weighted by atomic mass is 16.5. The van der Waals surface area contributed by atoms with Crippen molar-refractivity contribution < 1.29 is 19.4 Å².